The molecule has 0 bridgehead atoms. The Kier molecular flexibility index (Phi) is 5.77. The number of rotatable bonds is 3. The van der Waals surface area contributed by atoms with Crippen molar-refractivity contribution in [2.75, 3.05) is 13.1 Å². The van der Waals surface area contributed by atoms with Gasteiger partial charge in [0, 0.05) is 25.3 Å². The third-order valence-corrected chi connectivity index (χ3v) is 4.53. The summed E-state index contributed by atoms with van der Waals surface area (Å²) in [5.41, 5.74) is -1.88. The van der Waals surface area contributed by atoms with Gasteiger partial charge in [0.2, 0.25) is 0 Å². The first-order chi connectivity index (χ1) is 14.0. The van der Waals surface area contributed by atoms with Crippen LogP contribution in [0.5, 0.6) is 0 Å². The average Bonchev–Trinajstić information content (AvgIpc) is 3.14. The fourth-order valence-electron chi connectivity index (χ4n) is 3.18. The molecule has 6 nitrogen and oxygen atoms in total. The lowest BCUT2D eigenvalue weighted by Gasteiger charge is -2.33. The summed E-state index contributed by atoms with van der Waals surface area (Å²) in [5, 5.41) is 5.75. The van der Waals surface area contributed by atoms with E-state index in [2.05, 4.69) is 10.4 Å². The molecular formula is C18H16F6N4O2. The number of para-hydroxylation sites is 1. The predicted molar refractivity (Wildman–Crippen MR) is 91.7 cm³/mol. The number of nitrogens with one attached hydrogen (secondary N) is 1. The lowest BCUT2D eigenvalue weighted by molar-refractivity contribution is -0.186. The van der Waals surface area contributed by atoms with Crippen molar-refractivity contribution in [2.45, 2.75) is 31.2 Å². The number of benzene rings is 1. The first kappa shape index (κ1) is 21.7. The summed E-state index contributed by atoms with van der Waals surface area (Å²) < 4.78 is 78.9. The number of hydrogen-bond acceptors (Lipinski definition) is 3. The summed E-state index contributed by atoms with van der Waals surface area (Å²) in [6.45, 7) is -0.595. The lowest BCUT2D eigenvalue weighted by atomic mass is 10.0. The molecule has 162 valence electrons. The third-order valence-electron chi connectivity index (χ3n) is 4.53. The molecule has 1 atom stereocenters. The first-order valence-corrected chi connectivity index (χ1v) is 8.86. The second kappa shape index (κ2) is 8.00. The van der Waals surface area contributed by atoms with E-state index in [0.717, 1.165) is 10.9 Å². The van der Waals surface area contributed by atoms with Gasteiger partial charge >= 0.3 is 18.3 Å². The number of piperidine rings is 1. The van der Waals surface area contributed by atoms with Crippen LogP contribution in [0.4, 0.5) is 26.3 Å². The van der Waals surface area contributed by atoms with Gasteiger partial charge < -0.3 is 10.2 Å². The molecule has 2 aromatic rings. The maximum Gasteiger partial charge on any atom is 0.471 e. The zero-order chi connectivity index (χ0) is 22.1. The molecule has 1 fully saturated rings. The van der Waals surface area contributed by atoms with Gasteiger partial charge in [-0.3, -0.25) is 9.59 Å². The van der Waals surface area contributed by atoms with Crippen LogP contribution in [0, 0.1) is 0 Å². The highest BCUT2D eigenvalue weighted by molar-refractivity contribution is 5.95. The van der Waals surface area contributed by atoms with E-state index in [9.17, 15) is 35.9 Å². The van der Waals surface area contributed by atoms with E-state index < -0.39 is 48.0 Å². The minimum absolute atomic E-state index is 0.148. The van der Waals surface area contributed by atoms with Crippen molar-refractivity contribution >= 4 is 11.8 Å². The Morgan fingerprint density at radius 2 is 1.73 bits per heavy atom. The molecular weight excluding hydrogens is 418 g/mol. The highest BCUT2D eigenvalue weighted by Crippen LogP contribution is 2.31. The largest absolute Gasteiger partial charge is 0.471 e. The normalized spacial score (nSPS) is 17.7. The van der Waals surface area contributed by atoms with Gasteiger partial charge in [-0.15, -0.1) is 0 Å². The monoisotopic (exact) mass is 434 g/mol. The van der Waals surface area contributed by atoms with Crippen LogP contribution in [-0.4, -0.2) is 51.8 Å². The lowest BCUT2D eigenvalue weighted by Crippen LogP contribution is -2.52. The van der Waals surface area contributed by atoms with Crippen LogP contribution >= 0.6 is 0 Å². The second-order valence-electron chi connectivity index (χ2n) is 6.73. The highest BCUT2D eigenvalue weighted by atomic mass is 19.4. The van der Waals surface area contributed by atoms with Gasteiger partial charge in [-0.05, 0) is 25.0 Å². The predicted octanol–water partition coefficient (Wildman–Crippen LogP) is 3.17. The van der Waals surface area contributed by atoms with Crippen LogP contribution in [0.3, 0.4) is 0 Å². The average molecular weight is 434 g/mol. The van der Waals surface area contributed by atoms with Crippen LogP contribution in [0.15, 0.2) is 36.5 Å². The van der Waals surface area contributed by atoms with Gasteiger partial charge in [0.1, 0.15) is 0 Å². The van der Waals surface area contributed by atoms with E-state index in [1.54, 1.807) is 18.2 Å². The smallest absolute Gasteiger partial charge is 0.347 e. The van der Waals surface area contributed by atoms with E-state index in [1.807, 2.05) is 0 Å². The topological polar surface area (TPSA) is 67.2 Å². The summed E-state index contributed by atoms with van der Waals surface area (Å²) in [7, 11) is 0. The number of carbonyl (C=O) groups is 2. The Hall–Kier alpha value is -3.05. The minimum atomic E-state index is -5.06. The van der Waals surface area contributed by atoms with Crippen molar-refractivity contribution < 1.29 is 35.9 Å². The van der Waals surface area contributed by atoms with Crippen LogP contribution in [0.25, 0.3) is 5.69 Å². The molecule has 0 saturated carbocycles. The summed E-state index contributed by atoms with van der Waals surface area (Å²) >= 11 is 0. The Labute approximate surface area is 166 Å². The molecule has 1 saturated heterocycles. The number of hydrogen-bond donors (Lipinski definition) is 1. The van der Waals surface area contributed by atoms with Crippen molar-refractivity contribution in [1.29, 1.82) is 0 Å². The Balaban J connectivity index is 1.81. The molecule has 0 spiro atoms. The number of likely N-dealkylation sites (tertiary alicyclic amines) is 1. The third kappa shape index (κ3) is 4.74. The van der Waals surface area contributed by atoms with Gasteiger partial charge in [-0.2, -0.15) is 31.4 Å². The Morgan fingerprint density at radius 3 is 2.33 bits per heavy atom. The number of amides is 2. The van der Waals surface area contributed by atoms with Crippen molar-refractivity contribution in [2.24, 2.45) is 0 Å². The van der Waals surface area contributed by atoms with Gasteiger partial charge in [-0.1, -0.05) is 18.2 Å². The zero-order valence-electron chi connectivity index (χ0n) is 15.3. The van der Waals surface area contributed by atoms with E-state index in [-0.39, 0.29) is 19.4 Å². The number of carbonyl (C=O) groups excluding carboxylic acids is 2. The molecule has 1 aliphatic rings. The maximum absolute atomic E-state index is 13.4. The summed E-state index contributed by atoms with van der Waals surface area (Å²) in [6.07, 6.45) is -8.68. The van der Waals surface area contributed by atoms with Gasteiger partial charge in [-0.25, -0.2) is 4.68 Å². The molecule has 12 heteroatoms. The first-order valence-electron chi connectivity index (χ1n) is 8.86. The molecule has 3 rings (SSSR count). The fourth-order valence-corrected chi connectivity index (χ4v) is 3.18. The van der Waals surface area contributed by atoms with Crippen molar-refractivity contribution in [3.8, 4) is 5.69 Å². The second-order valence-corrected chi connectivity index (χ2v) is 6.73. The quantitative estimate of drug-likeness (QED) is 0.755. The minimum Gasteiger partial charge on any atom is -0.347 e. The van der Waals surface area contributed by atoms with Gasteiger partial charge in [0.25, 0.3) is 5.91 Å². The van der Waals surface area contributed by atoms with E-state index >= 15 is 0 Å². The molecule has 1 unspecified atom stereocenters. The van der Waals surface area contributed by atoms with Crippen LogP contribution < -0.4 is 5.32 Å². The molecule has 0 radical (unpaired) electrons. The Bertz CT molecular complexity index is 923. The van der Waals surface area contributed by atoms with E-state index in [1.165, 1.54) is 12.1 Å². The number of alkyl halides is 6. The summed E-state index contributed by atoms with van der Waals surface area (Å²) in [6, 6.07) is 6.89. The zero-order valence-corrected chi connectivity index (χ0v) is 15.3. The van der Waals surface area contributed by atoms with Crippen LogP contribution in [-0.2, 0) is 11.0 Å². The summed E-state index contributed by atoms with van der Waals surface area (Å²) in [5.74, 6) is -3.18. The number of nitrogens with zero attached hydrogens (tertiary/aromatic N) is 3. The Morgan fingerprint density at radius 1 is 1.07 bits per heavy atom. The summed E-state index contributed by atoms with van der Waals surface area (Å²) in [4.78, 5) is 24.4. The molecule has 1 aliphatic heterocycles. The highest BCUT2D eigenvalue weighted by Gasteiger charge is 2.44. The fraction of sp³-hybridized carbons (Fsp3) is 0.389. The van der Waals surface area contributed by atoms with Gasteiger partial charge in [0.15, 0.2) is 5.69 Å². The standard InChI is InChI=1S/C18H16F6N4O2/c19-17(20,21)14-13(10-28(26-14)12-6-2-1-3-7-12)15(29)25-11-5-4-8-27(9-11)16(30)18(22,23)24/h1-3,6-7,10-11H,4-5,8-9H2,(H,25,29). The van der Waals surface area contributed by atoms with Crippen LogP contribution in [0.1, 0.15) is 28.9 Å². The molecule has 2 amide bonds. The van der Waals surface area contributed by atoms with Crippen molar-refractivity contribution in [3.05, 3.63) is 47.8 Å². The van der Waals surface area contributed by atoms with E-state index in [4.69, 9.17) is 0 Å². The molecule has 30 heavy (non-hydrogen) atoms. The van der Waals surface area contributed by atoms with Crippen molar-refractivity contribution in [1.82, 2.24) is 20.0 Å². The maximum atomic E-state index is 13.4. The van der Waals surface area contributed by atoms with Crippen LogP contribution in [0.2, 0.25) is 0 Å². The number of halogens is 6. The molecule has 1 aromatic carbocycles. The van der Waals surface area contributed by atoms with Crippen molar-refractivity contribution in [3.63, 3.8) is 0 Å². The molecule has 1 aromatic heterocycles. The number of aromatic nitrogens is 2. The molecule has 0 aliphatic carbocycles. The molecule has 2 heterocycles. The SMILES string of the molecule is O=C(NC1CCCN(C(=O)C(F)(F)F)C1)c1cn(-c2ccccc2)nc1C(F)(F)F. The van der Waals surface area contributed by atoms with Gasteiger partial charge in [0.05, 0.1) is 11.3 Å². The van der Waals surface area contributed by atoms with E-state index in [0.29, 0.717) is 10.6 Å². The molecule has 1 N–H and O–H groups in total.